The van der Waals surface area contributed by atoms with Crippen molar-refractivity contribution in [3.05, 3.63) is 32.4 Å². The smallest absolute Gasteiger partial charge is 0.339 e. The summed E-state index contributed by atoms with van der Waals surface area (Å²) < 4.78 is 5.56. The van der Waals surface area contributed by atoms with E-state index in [0.29, 0.717) is 21.3 Å². The first-order valence-corrected chi connectivity index (χ1v) is 5.56. The summed E-state index contributed by atoms with van der Waals surface area (Å²) in [4.78, 5) is 11.5. The first-order valence-electron chi connectivity index (χ1n) is 4.48. The number of carbonyl (C=O) groups excluding carboxylic acids is 1. The molecular formula is C11H10INO2. The van der Waals surface area contributed by atoms with Gasteiger partial charge in [0.25, 0.3) is 0 Å². The predicted octanol–water partition coefficient (Wildman–Crippen LogP) is 2.65. The average molecular weight is 315 g/mol. The van der Waals surface area contributed by atoms with Gasteiger partial charge in [0, 0.05) is 3.57 Å². The maximum Gasteiger partial charge on any atom is 0.339 e. The molecule has 15 heavy (non-hydrogen) atoms. The largest absolute Gasteiger partial charge is 0.462 e. The number of nitriles is 1. The zero-order valence-corrected chi connectivity index (χ0v) is 10.7. The van der Waals surface area contributed by atoms with E-state index in [2.05, 4.69) is 6.07 Å². The van der Waals surface area contributed by atoms with Gasteiger partial charge in [-0.3, -0.25) is 0 Å². The van der Waals surface area contributed by atoms with E-state index in [9.17, 15) is 4.79 Å². The third-order valence-corrected chi connectivity index (χ3v) is 3.08. The molecule has 0 aliphatic rings. The van der Waals surface area contributed by atoms with Crippen molar-refractivity contribution in [3.8, 4) is 6.07 Å². The second-order valence-electron chi connectivity index (χ2n) is 2.95. The molecule has 0 saturated carbocycles. The van der Waals surface area contributed by atoms with Crippen molar-refractivity contribution < 1.29 is 9.53 Å². The molecule has 4 heteroatoms. The monoisotopic (exact) mass is 315 g/mol. The highest BCUT2D eigenvalue weighted by Crippen LogP contribution is 2.21. The fourth-order valence-electron chi connectivity index (χ4n) is 1.18. The zero-order valence-electron chi connectivity index (χ0n) is 8.50. The Morgan fingerprint density at radius 3 is 2.80 bits per heavy atom. The number of hydrogen-bond donors (Lipinski definition) is 0. The van der Waals surface area contributed by atoms with E-state index in [1.165, 1.54) is 0 Å². The van der Waals surface area contributed by atoms with Gasteiger partial charge in [0.15, 0.2) is 0 Å². The van der Waals surface area contributed by atoms with Crippen molar-refractivity contribution in [2.24, 2.45) is 0 Å². The molecule has 0 unspecified atom stereocenters. The molecule has 1 aromatic carbocycles. The Balaban J connectivity index is 3.23. The van der Waals surface area contributed by atoms with Crippen LogP contribution in [0, 0.1) is 21.8 Å². The minimum atomic E-state index is -0.376. The standard InChI is InChI=1S/C11H10INO2/c1-3-15-11(14)8-5-4-7(2)9(6-13)10(8)12/h4-5H,3H2,1-2H3. The molecule has 1 rings (SSSR count). The van der Waals surface area contributed by atoms with Gasteiger partial charge in [-0.25, -0.2) is 4.79 Å². The summed E-state index contributed by atoms with van der Waals surface area (Å²) in [7, 11) is 0. The molecule has 0 aromatic heterocycles. The van der Waals surface area contributed by atoms with Gasteiger partial charge in [0.1, 0.15) is 6.07 Å². The van der Waals surface area contributed by atoms with E-state index in [1.807, 2.05) is 29.5 Å². The molecule has 0 heterocycles. The Bertz CT molecular complexity index is 435. The Labute approximate surface area is 102 Å². The molecule has 0 N–H and O–H groups in total. The van der Waals surface area contributed by atoms with Gasteiger partial charge in [-0.05, 0) is 48.1 Å². The number of hydrogen-bond acceptors (Lipinski definition) is 3. The molecule has 1 aromatic rings. The number of benzene rings is 1. The van der Waals surface area contributed by atoms with Crippen LogP contribution in [0.15, 0.2) is 12.1 Å². The maximum absolute atomic E-state index is 11.5. The van der Waals surface area contributed by atoms with Gasteiger partial charge in [-0.2, -0.15) is 5.26 Å². The molecule has 0 spiro atoms. The summed E-state index contributed by atoms with van der Waals surface area (Å²) in [5.41, 5.74) is 1.87. The van der Waals surface area contributed by atoms with Crippen LogP contribution in [0.25, 0.3) is 0 Å². The highest BCUT2D eigenvalue weighted by molar-refractivity contribution is 14.1. The maximum atomic E-state index is 11.5. The number of ether oxygens (including phenoxy) is 1. The summed E-state index contributed by atoms with van der Waals surface area (Å²) in [6.07, 6.45) is 0. The molecule has 0 aliphatic heterocycles. The van der Waals surface area contributed by atoms with E-state index in [4.69, 9.17) is 10.00 Å². The number of rotatable bonds is 2. The molecule has 3 nitrogen and oxygen atoms in total. The normalized spacial score (nSPS) is 9.47. The van der Waals surface area contributed by atoms with E-state index in [1.54, 1.807) is 19.1 Å². The minimum absolute atomic E-state index is 0.338. The summed E-state index contributed by atoms with van der Waals surface area (Å²) in [5.74, 6) is -0.376. The van der Waals surface area contributed by atoms with Crippen LogP contribution in [-0.2, 0) is 4.74 Å². The fraction of sp³-hybridized carbons (Fsp3) is 0.273. The fourth-order valence-corrected chi connectivity index (χ4v) is 2.12. The van der Waals surface area contributed by atoms with Crippen LogP contribution < -0.4 is 0 Å². The summed E-state index contributed by atoms with van der Waals surface area (Å²) >= 11 is 2.00. The van der Waals surface area contributed by atoms with E-state index >= 15 is 0 Å². The van der Waals surface area contributed by atoms with Gasteiger partial charge in [0.05, 0.1) is 17.7 Å². The second-order valence-corrected chi connectivity index (χ2v) is 4.03. The Morgan fingerprint density at radius 2 is 2.27 bits per heavy atom. The molecular weight excluding hydrogens is 305 g/mol. The lowest BCUT2D eigenvalue weighted by atomic mass is 10.1. The quantitative estimate of drug-likeness (QED) is 0.623. The molecule has 78 valence electrons. The van der Waals surface area contributed by atoms with Gasteiger partial charge in [0.2, 0.25) is 0 Å². The first kappa shape index (κ1) is 12.0. The van der Waals surface area contributed by atoms with Crippen LogP contribution in [0.4, 0.5) is 0 Å². The van der Waals surface area contributed by atoms with Gasteiger partial charge in [-0.15, -0.1) is 0 Å². The summed E-state index contributed by atoms with van der Waals surface area (Å²) in [5, 5.41) is 8.93. The van der Waals surface area contributed by atoms with Gasteiger partial charge >= 0.3 is 5.97 Å². The van der Waals surface area contributed by atoms with Crippen LogP contribution in [0.1, 0.15) is 28.4 Å². The van der Waals surface area contributed by atoms with Gasteiger partial charge in [-0.1, -0.05) is 6.07 Å². The molecule has 0 radical (unpaired) electrons. The number of esters is 1. The Hall–Kier alpha value is -1.09. The minimum Gasteiger partial charge on any atom is -0.462 e. The van der Waals surface area contributed by atoms with E-state index in [-0.39, 0.29) is 5.97 Å². The molecule has 0 amide bonds. The van der Waals surface area contributed by atoms with Crippen LogP contribution >= 0.6 is 22.6 Å². The zero-order chi connectivity index (χ0) is 11.4. The lowest BCUT2D eigenvalue weighted by Crippen LogP contribution is -2.08. The van der Waals surface area contributed by atoms with Crippen molar-refractivity contribution in [2.75, 3.05) is 6.61 Å². The van der Waals surface area contributed by atoms with Crippen molar-refractivity contribution >= 4 is 28.6 Å². The van der Waals surface area contributed by atoms with Crippen LogP contribution in [-0.4, -0.2) is 12.6 Å². The van der Waals surface area contributed by atoms with Crippen molar-refractivity contribution in [1.29, 1.82) is 5.26 Å². The van der Waals surface area contributed by atoms with E-state index in [0.717, 1.165) is 5.56 Å². The Morgan fingerprint density at radius 1 is 1.60 bits per heavy atom. The first-order chi connectivity index (χ1) is 7.11. The van der Waals surface area contributed by atoms with Crippen LogP contribution in [0.5, 0.6) is 0 Å². The van der Waals surface area contributed by atoms with Crippen molar-refractivity contribution in [2.45, 2.75) is 13.8 Å². The van der Waals surface area contributed by atoms with Crippen molar-refractivity contribution in [3.63, 3.8) is 0 Å². The highest BCUT2D eigenvalue weighted by Gasteiger charge is 2.15. The third-order valence-electron chi connectivity index (χ3n) is 1.96. The summed E-state index contributed by atoms with van der Waals surface area (Å²) in [6.45, 7) is 3.94. The summed E-state index contributed by atoms with van der Waals surface area (Å²) in [6, 6.07) is 5.53. The second kappa shape index (κ2) is 5.12. The van der Waals surface area contributed by atoms with Crippen LogP contribution in [0.2, 0.25) is 0 Å². The molecule has 0 fully saturated rings. The topological polar surface area (TPSA) is 50.1 Å². The number of aryl methyl sites for hydroxylation is 1. The predicted molar refractivity (Wildman–Crippen MR) is 64.6 cm³/mol. The Kier molecular flexibility index (Phi) is 4.09. The lowest BCUT2D eigenvalue weighted by molar-refractivity contribution is 0.0525. The van der Waals surface area contributed by atoms with Crippen LogP contribution in [0.3, 0.4) is 0 Å². The number of halogens is 1. The molecule has 0 atom stereocenters. The number of carbonyl (C=O) groups is 1. The molecule has 0 bridgehead atoms. The van der Waals surface area contributed by atoms with E-state index < -0.39 is 0 Å². The third kappa shape index (κ3) is 2.48. The molecule has 0 aliphatic carbocycles. The molecule has 0 saturated heterocycles. The SMILES string of the molecule is CCOC(=O)c1ccc(C)c(C#N)c1I. The van der Waals surface area contributed by atoms with Gasteiger partial charge < -0.3 is 4.74 Å². The van der Waals surface area contributed by atoms with Crippen molar-refractivity contribution in [1.82, 2.24) is 0 Å². The average Bonchev–Trinajstić information content (AvgIpc) is 2.18. The highest BCUT2D eigenvalue weighted by atomic mass is 127. The lowest BCUT2D eigenvalue weighted by Gasteiger charge is -2.07. The number of nitrogens with zero attached hydrogens (tertiary/aromatic N) is 1.